The Bertz CT molecular complexity index is 622. The van der Waals surface area contributed by atoms with Gasteiger partial charge in [-0.3, -0.25) is 0 Å². The maximum Gasteiger partial charge on any atom is 0.212 e. The van der Waals surface area contributed by atoms with E-state index in [0.29, 0.717) is 23.1 Å². The molecule has 0 unspecified atom stereocenters. The summed E-state index contributed by atoms with van der Waals surface area (Å²) < 4.78 is 14.8. The largest absolute Gasteiger partial charge is 0.325 e. The van der Waals surface area contributed by atoms with Crippen molar-refractivity contribution in [1.29, 1.82) is 0 Å². The molecule has 18 heavy (non-hydrogen) atoms. The number of rotatable bonds is 2. The monoisotopic (exact) mass is 263 g/mol. The molecule has 1 aromatic carbocycles. The van der Waals surface area contributed by atoms with Crippen LogP contribution in [0.2, 0.25) is 0 Å². The van der Waals surface area contributed by atoms with Crippen LogP contribution in [0.3, 0.4) is 0 Å². The van der Waals surface area contributed by atoms with Gasteiger partial charge in [0.15, 0.2) is 5.82 Å². The lowest BCUT2D eigenvalue weighted by Crippen LogP contribution is -2.21. The van der Waals surface area contributed by atoms with Crippen molar-refractivity contribution in [3.8, 4) is 11.4 Å². The highest BCUT2D eigenvalue weighted by atomic mass is 32.2. The number of nitrogens with zero attached hydrogens (tertiary/aromatic N) is 4. The van der Waals surface area contributed by atoms with E-state index < -0.39 is 0 Å². The third kappa shape index (κ3) is 1.91. The van der Waals surface area contributed by atoms with Crippen molar-refractivity contribution in [3.05, 3.63) is 30.1 Å². The van der Waals surface area contributed by atoms with Gasteiger partial charge in [-0.05, 0) is 12.1 Å². The van der Waals surface area contributed by atoms with E-state index in [2.05, 4.69) is 15.3 Å². The van der Waals surface area contributed by atoms with Gasteiger partial charge in [-0.25, -0.2) is 4.39 Å². The molecule has 1 aromatic heterocycles. The van der Waals surface area contributed by atoms with Crippen LogP contribution in [0.5, 0.6) is 0 Å². The van der Waals surface area contributed by atoms with Crippen LogP contribution in [-0.2, 0) is 0 Å². The van der Waals surface area contributed by atoms with Crippen LogP contribution in [0.25, 0.3) is 11.4 Å². The van der Waals surface area contributed by atoms with Crippen molar-refractivity contribution in [3.63, 3.8) is 0 Å². The van der Waals surface area contributed by atoms with Gasteiger partial charge in [0.05, 0.1) is 5.71 Å². The summed E-state index contributed by atoms with van der Waals surface area (Å²) >= 11 is 1.53. The van der Waals surface area contributed by atoms with Gasteiger partial charge in [0.2, 0.25) is 5.16 Å². The van der Waals surface area contributed by atoms with Crippen LogP contribution in [0.1, 0.15) is 0 Å². The van der Waals surface area contributed by atoms with Gasteiger partial charge in [-0.1, -0.05) is 23.9 Å². The first-order valence-electron chi connectivity index (χ1n) is 5.39. The molecule has 1 aliphatic rings. The second-order valence-corrected chi connectivity index (χ2v) is 4.73. The molecular formula is C11H10FN5S. The standard InChI is InChI=1S/C11H10FN5S/c12-8-3-1-2-7(4-8)10-14-15-11-17(10)16-9(5-13)6-18-11/h1-4H,5-6,13H2. The number of benzene rings is 1. The molecule has 0 bridgehead atoms. The second kappa shape index (κ2) is 4.51. The van der Waals surface area contributed by atoms with Gasteiger partial charge in [-0.15, -0.1) is 10.2 Å². The van der Waals surface area contributed by atoms with Crippen LogP contribution >= 0.6 is 11.8 Å². The molecule has 5 nitrogen and oxygen atoms in total. The van der Waals surface area contributed by atoms with E-state index in [-0.39, 0.29) is 5.82 Å². The maximum absolute atomic E-state index is 13.2. The minimum atomic E-state index is -0.309. The van der Waals surface area contributed by atoms with Crippen LogP contribution < -0.4 is 5.73 Å². The minimum absolute atomic E-state index is 0.309. The zero-order valence-corrected chi connectivity index (χ0v) is 10.2. The Morgan fingerprint density at radius 3 is 3.06 bits per heavy atom. The lowest BCUT2D eigenvalue weighted by molar-refractivity contribution is 0.628. The summed E-state index contributed by atoms with van der Waals surface area (Å²) in [4.78, 5) is 0. The van der Waals surface area contributed by atoms with E-state index in [4.69, 9.17) is 5.73 Å². The number of nitrogens with two attached hydrogens (primary N) is 1. The summed E-state index contributed by atoms with van der Waals surface area (Å²) in [5.41, 5.74) is 7.10. The third-order valence-electron chi connectivity index (χ3n) is 2.54. The van der Waals surface area contributed by atoms with Crippen molar-refractivity contribution in [2.24, 2.45) is 10.8 Å². The number of aromatic nitrogens is 3. The van der Waals surface area contributed by atoms with Gasteiger partial charge < -0.3 is 5.73 Å². The Hall–Kier alpha value is -1.73. The molecule has 92 valence electrons. The Kier molecular flexibility index (Phi) is 2.85. The van der Waals surface area contributed by atoms with Gasteiger partial charge >= 0.3 is 0 Å². The topological polar surface area (TPSA) is 69.1 Å². The average molecular weight is 263 g/mol. The Labute approximate surface area is 107 Å². The second-order valence-electron chi connectivity index (χ2n) is 3.79. The van der Waals surface area contributed by atoms with Gasteiger partial charge in [0.25, 0.3) is 0 Å². The van der Waals surface area contributed by atoms with Crippen LogP contribution in [0.15, 0.2) is 34.5 Å². The number of halogens is 1. The first-order chi connectivity index (χ1) is 8.78. The average Bonchev–Trinajstić information content (AvgIpc) is 2.81. The minimum Gasteiger partial charge on any atom is -0.325 e. The smallest absolute Gasteiger partial charge is 0.212 e. The Balaban J connectivity index is 2.11. The molecular weight excluding hydrogens is 253 g/mol. The zero-order valence-electron chi connectivity index (χ0n) is 9.38. The fourth-order valence-corrected chi connectivity index (χ4v) is 2.49. The van der Waals surface area contributed by atoms with E-state index in [1.165, 1.54) is 23.9 Å². The molecule has 0 aliphatic carbocycles. The molecule has 0 saturated carbocycles. The van der Waals surface area contributed by atoms with E-state index in [1.54, 1.807) is 16.8 Å². The van der Waals surface area contributed by atoms with Crippen LogP contribution in [0.4, 0.5) is 4.39 Å². The summed E-state index contributed by atoms with van der Waals surface area (Å²) in [6.07, 6.45) is 0. The molecule has 2 N–H and O–H groups in total. The number of thioether (sulfide) groups is 1. The molecule has 0 saturated heterocycles. The van der Waals surface area contributed by atoms with Crippen molar-refractivity contribution < 1.29 is 4.39 Å². The summed E-state index contributed by atoms with van der Waals surface area (Å²) in [5.74, 6) is 0.941. The molecule has 0 spiro atoms. The summed E-state index contributed by atoms with van der Waals surface area (Å²) in [6, 6.07) is 6.21. The first kappa shape index (κ1) is 11.4. The normalized spacial score (nSPS) is 14.2. The fourth-order valence-electron chi connectivity index (χ4n) is 1.67. The molecule has 2 heterocycles. The van der Waals surface area contributed by atoms with E-state index in [9.17, 15) is 4.39 Å². The van der Waals surface area contributed by atoms with Gasteiger partial charge in [-0.2, -0.15) is 9.78 Å². The highest BCUT2D eigenvalue weighted by molar-refractivity contribution is 7.99. The highest BCUT2D eigenvalue weighted by Gasteiger charge is 2.19. The molecule has 0 atom stereocenters. The predicted molar refractivity (Wildman–Crippen MR) is 68.0 cm³/mol. The summed E-state index contributed by atoms with van der Waals surface area (Å²) in [5, 5.41) is 13.2. The maximum atomic E-state index is 13.2. The van der Waals surface area contributed by atoms with Crippen molar-refractivity contribution in [1.82, 2.24) is 14.9 Å². The third-order valence-corrected chi connectivity index (χ3v) is 3.53. The van der Waals surface area contributed by atoms with Crippen molar-refractivity contribution in [2.45, 2.75) is 5.16 Å². The molecule has 1 aliphatic heterocycles. The molecule has 3 rings (SSSR count). The van der Waals surface area contributed by atoms with Gasteiger partial charge in [0.1, 0.15) is 5.82 Å². The summed E-state index contributed by atoms with van der Waals surface area (Å²) in [6.45, 7) is 0.396. The number of hydrogen-bond acceptors (Lipinski definition) is 5. The van der Waals surface area contributed by atoms with E-state index >= 15 is 0 Å². The first-order valence-corrected chi connectivity index (χ1v) is 6.37. The lowest BCUT2D eigenvalue weighted by Gasteiger charge is -2.12. The van der Waals surface area contributed by atoms with Crippen molar-refractivity contribution in [2.75, 3.05) is 12.3 Å². The molecule has 2 aromatic rings. The van der Waals surface area contributed by atoms with Crippen LogP contribution in [-0.4, -0.2) is 32.9 Å². The highest BCUT2D eigenvalue weighted by Crippen LogP contribution is 2.27. The Morgan fingerprint density at radius 1 is 1.39 bits per heavy atom. The number of fused-ring (bicyclic) bond motifs is 1. The SMILES string of the molecule is NCC1=Nn2c(nnc2-c2cccc(F)c2)SC1. The summed E-state index contributed by atoms with van der Waals surface area (Å²) in [7, 11) is 0. The molecule has 7 heteroatoms. The molecule has 0 amide bonds. The number of hydrogen-bond donors (Lipinski definition) is 1. The lowest BCUT2D eigenvalue weighted by atomic mass is 10.2. The molecule has 0 radical (unpaired) electrons. The predicted octanol–water partition coefficient (Wildman–Crippen LogP) is 1.35. The van der Waals surface area contributed by atoms with Crippen molar-refractivity contribution >= 4 is 17.5 Å². The van der Waals surface area contributed by atoms with Crippen LogP contribution in [0, 0.1) is 5.82 Å². The zero-order chi connectivity index (χ0) is 12.5. The van der Waals surface area contributed by atoms with E-state index in [0.717, 1.165) is 11.5 Å². The quantitative estimate of drug-likeness (QED) is 0.888. The molecule has 0 fully saturated rings. The van der Waals surface area contributed by atoms with E-state index in [1.807, 2.05) is 0 Å². The van der Waals surface area contributed by atoms with Gasteiger partial charge in [0, 0.05) is 17.9 Å². The Morgan fingerprint density at radius 2 is 2.28 bits per heavy atom. The fraction of sp³-hybridized carbons (Fsp3) is 0.182.